The molecular formula is C10H12O5. The van der Waals surface area contributed by atoms with Crippen molar-refractivity contribution in [3.8, 4) is 5.75 Å². The topological polar surface area (TPSA) is 98.0 Å². The molecule has 0 amide bonds. The van der Waals surface area contributed by atoms with E-state index in [0.29, 0.717) is 5.56 Å². The van der Waals surface area contributed by atoms with Crippen LogP contribution in [0, 0.1) is 0 Å². The van der Waals surface area contributed by atoms with Crippen LogP contribution in [0.15, 0.2) is 24.3 Å². The Balaban J connectivity index is 2.99. The molecule has 0 saturated heterocycles. The molecule has 1 aromatic carbocycles. The van der Waals surface area contributed by atoms with Gasteiger partial charge in [-0.05, 0) is 17.7 Å². The summed E-state index contributed by atoms with van der Waals surface area (Å²) >= 11 is 0. The highest BCUT2D eigenvalue weighted by Gasteiger charge is 2.27. The Bertz CT molecular complexity index is 332. The van der Waals surface area contributed by atoms with Crippen molar-refractivity contribution in [3.05, 3.63) is 29.8 Å². The number of aliphatic hydroxyl groups is 2. The summed E-state index contributed by atoms with van der Waals surface area (Å²) in [6.07, 6.45) is -1.35. The Morgan fingerprint density at radius 3 is 2.20 bits per heavy atom. The number of rotatable bonds is 4. The number of aromatic hydroxyl groups is 1. The Morgan fingerprint density at radius 2 is 1.80 bits per heavy atom. The van der Waals surface area contributed by atoms with Crippen molar-refractivity contribution < 1.29 is 25.2 Å². The second kappa shape index (κ2) is 4.77. The van der Waals surface area contributed by atoms with Crippen LogP contribution in [0.1, 0.15) is 11.5 Å². The standard InChI is InChI=1S/C10H12O5/c11-5-8(13)9(10(14)15)6-1-3-7(12)4-2-6/h1-4,8-9,11-13H,5H2,(H,14,15). The van der Waals surface area contributed by atoms with E-state index in [1.165, 1.54) is 24.3 Å². The van der Waals surface area contributed by atoms with Gasteiger partial charge in [0.05, 0.1) is 12.7 Å². The number of carboxylic acid groups (broad SMARTS) is 1. The van der Waals surface area contributed by atoms with Crippen molar-refractivity contribution in [2.45, 2.75) is 12.0 Å². The van der Waals surface area contributed by atoms with Gasteiger partial charge in [-0.15, -0.1) is 0 Å². The number of aliphatic carboxylic acids is 1. The minimum absolute atomic E-state index is 0.0152. The summed E-state index contributed by atoms with van der Waals surface area (Å²) in [5.41, 5.74) is 0.335. The second-order valence-electron chi connectivity index (χ2n) is 3.16. The van der Waals surface area contributed by atoms with E-state index in [-0.39, 0.29) is 5.75 Å². The third-order valence-electron chi connectivity index (χ3n) is 2.09. The molecule has 82 valence electrons. The molecule has 5 nitrogen and oxygen atoms in total. The van der Waals surface area contributed by atoms with Crippen LogP contribution in [0.2, 0.25) is 0 Å². The van der Waals surface area contributed by atoms with Crippen LogP contribution in [0.3, 0.4) is 0 Å². The summed E-state index contributed by atoms with van der Waals surface area (Å²) < 4.78 is 0. The van der Waals surface area contributed by atoms with Gasteiger partial charge in [0.1, 0.15) is 11.7 Å². The molecule has 1 aromatic rings. The highest BCUT2D eigenvalue weighted by atomic mass is 16.4. The van der Waals surface area contributed by atoms with E-state index in [2.05, 4.69) is 0 Å². The zero-order chi connectivity index (χ0) is 11.4. The third kappa shape index (κ3) is 2.68. The minimum atomic E-state index is -1.35. The second-order valence-corrected chi connectivity index (χ2v) is 3.16. The highest BCUT2D eigenvalue weighted by Crippen LogP contribution is 2.22. The van der Waals surface area contributed by atoms with Gasteiger partial charge in [-0.2, -0.15) is 0 Å². The van der Waals surface area contributed by atoms with Crippen LogP contribution in [0.4, 0.5) is 0 Å². The van der Waals surface area contributed by atoms with E-state index < -0.39 is 24.6 Å². The maximum atomic E-state index is 10.9. The average molecular weight is 212 g/mol. The van der Waals surface area contributed by atoms with Gasteiger partial charge in [-0.25, -0.2) is 0 Å². The summed E-state index contributed by atoms with van der Waals surface area (Å²) in [6.45, 7) is -0.627. The molecule has 0 aliphatic rings. The van der Waals surface area contributed by atoms with Gasteiger partial charge in [-0.3, -0.25) is 4.79 Å². The number of phenolic OH excluding ortho intramolecular Hbond substituents is 1. The molecule has 1 rings (SSSR count). The van der Waals surface area contributed by atoms with Gasteiger partial charge in [-0.1, -0.05) is 12.1 Å². The summed E-state index contributed by atoms with van der Waals surface area (Å²) in [5.74, 6) is -2.39. The number of aliphatic hydroxyl groups excluding tert-OH is 2. The summed E-state index contributed by atoms with van der Waals surface area (Å²) in [4.78, 5) is 10.9. The largest absolute Gasteiger partial charge is 0.508 e. The number of hydrogen-bond donors (Lipinski definition) is 4. The van der Waals surface area contributed by atoms with Crippen LogP contribution in [0.25, 0.3) is 0 Å². The zero-order valence-corrected chi connectivity index (χ0v) is 7.87. The van der Waals surface area contributed by atoms with E-state index in [1.54, 1.807) is 0 Å². The average Bonchev–Trinajstić information content (AvgIpc) is 2.20. The fraction of sp³-hybridized carbons (Fsp3) is 0.300. The van der Waals surface area contributed by atoms with Gasteiger partial charge < -0.3 is 20.4 Å². The third-order valence-corrected chi connectivity index (χ3v) is 2.09. The fourth-order valence-electron chi connectivity index (χ4n) is 1.32. The highest BCUT2D eigenvalue weighted by molar-refractivity contribution is 5.77. The normalized spacial score (nSPS) is 14.5. The Hall–Kier alpha value is -1.59. The molecule has 5 heteroatoms. The van der Waals surface area contributed by atoms with E-state index in [1.807, 2.05) is 0 Å². The molecule has 2 unspecified atom stereocenters. The van der Waals surface area contributed by atoms with Gasteiger partial charge in [0.15, 0.2) is 0 Å². The SMILES string of the molecule is O=C(O)C(c1ccc(O)cc1)C(O)CO. The van der Waals surface area contributed by atoms with Crippen molar-refractivity contribution >= 4 is 5.97 Å². The molecule has 0 bridgehead atoms. The van der Waals surface area contributed by atoms with Crippen LogP contribution in [-0.4, -0.2) is 39.1 Å². The smallest absolute Gasteiger partial charge is 0.313 e. The Labute approximate surface area is 86.2 Å². The van der Waals surface area contributed by atoms with Gasteiger partial charge >= 0.3 is 5.97 Å². The van der Waals surface area contributed by atoms with Crippen molar-refractivity contribution in [1.82, 2.24) is 0 Å². The number of benzene rings is 1. The number of phenols is 1. The number of carboxylic acids is 1. The van der Waals surface area contributed by atoms with Crippen LogP contribution in [0.5, 0.6) is 5.75 Å². The molecule has 0 heterocycles. The summed E-state index contributed by atoms with van der Waals surface area (Å²) in [7, 11) is 0. The monoisotopic (exact) mass is 212 g/mol. The van der Waals surface area contributed by atoms with Gasteiger partial charge in [0.2, 0.25) is 0 Å². The molecule has 0 saturated carbocycles. The van der Waals surface area contributed by atoms with E-state index in [0.717, 1.165) is 0 Å². The molecule has 15 heavy (non-hydrogen) atoms. The molecule has 0 radical (unpaired) electrons. The molecule has 0 spiro atoms. The van der Waals surface area contributed by atoms with Crippen LogP contribution < -0.4 is 0 Å². The first-order chi connectivity index (χ1) is 7.06. The molecule has 0 aliphatic heterocycles. The Morgan fingerprint density at radius 1 is 1.27 bits per heavy atom. The first kappa shape index (κ1) is 11.5. The quantitative estimate of drug-likeness (QED) is 0.559. The maximum absolute atomic E-state index is 10.9. The molecule has 0 aliphatic carbocycles. The number of carbonyl (C=O) groups is 1. The van der Waals surface area contributed by atoms with Gasteiger partial charge in [0, 0.05) is 0 Å². The first-order valence-electron chi connectivity index (χ1n) is 4.37. The molecule has 0 fully saturated rings. The van der Waals surface area contributed by atoms with E-state index in [4.69, 9.17) is 15.3 Å². The predicted octanol–water partition coefficient (Wildman–Crippen LogP) is -0.0864. The Kier molecular flexibility index (Phi) is 3.65. The van der Waals surface area contributed by atoms with Crippen molar-refractivity contribution in [3.63, 3.8) is 0 Å². The zero-order valence-electron chi connectivity index (χ0n) is 7.87. The van der Waals surface area contributed by atoms with E-state index in [9.17, 15) is 9.90 Å². The molecule has 4 N–H and O–H groups in total. The van der Waals surface area contributed by atoms with Crippen molar-refractivity contribution in [2.75, 3.05) is 6.61 Å². The maximum Gasteiger partial charge on any atom is 0.313 e. The summed E-state index contributed by atoms with van der Waals surface area (Å²) in [5, 5.41) is 35.9. The van der Waals surface area contributed by atoms with Crippen LogP contribution in [-0.2, 0) is 4.79 Å². The first-order valence-corrected chi connectivity index (χ1v) is 4.37. The van der Waals surface area contributed by atoms with Crippen molar-refractivity contribution in [1.29, 1.82) is 0 Å². The van der Waals surface area contributed by atoms with Gasteiger partial charge in [0.25, 0.3) is 0 Å². The lowest BCUT2D eigenvalue weighted by molar-refractivity contribution is -0.142. The molecule has 0 aromatic heterocycles. The van der Waals surface area contributed by atoms with Crippen molar-refractivity contribution in [2.24, 2.45) is 0 Å². The minimum Gasteiger partial charge on any atom is -0.508 e. The summed E-state index contributed by atoms with van der Waals surface area (Å²) in [6, 6.07) is 5.45. The fourth-order valence-corrected chi connectivity index (χ4v) is 1.32. The molecule has 2 atom stereocenters. The predicted molar refractivity (Wildman–Crippen MR) is 51.6 cm³/mol. The van der Waals surface area contributed by atoms with Crippen LogP contribution >= 0.6 is 0 Å². The molecular weight excluding hydrogens is 200 g/mol. The number of hydrogen-bond acceptors (Lipinski definition) is 4. The lowest BCUT2D eigenvalue weighted by atomic mass is 9.94. The lowest BCUT2D eigenvalue weighted by Gasteiger charge is -2.17. The lowest BCUT2D eigenvalue weighted by Crippen LogP contribution is -2.28. The van der Waals surface area contributed by atoms with E-state index >= 15 is 0 Å².